The molecule has 1 amide bonds. The first-order valence-corrected chi connectivity index (χ1v) is 8.67. The molecule has 1 aromatic rings. The van der Waals surface area contributed by atoms with Gasteiger partial charge < -0.3 is 15.7 Å². The zero-order valence-corrected chi connectivity index (χ0v) is 13.6. The minimum atomic E-state index is -0.292. The Kier molecular flexibility index (Phi) is 5.65. The number of aliphatic hydroxyl groups excluding tert-OH is 1. The van der Waals surface area contributed by atoms with Crippen LogP contribution in [0.3, 0.4) is 0 Å². The molecule has 2 aliphatic heterocycles. The summed E-state index contributed by atoms with van der Waals surface area (Å²) in [4.78, 5) is 14.6. The summed E-state index contributed by atoms with van der Waals surface area (Å²) in [5.41, 5.74) is 1.25. The van der Waals surface area contributed by atoms with Gasteiger partial charge in [-0.1, -0.05) is 30.3 Å². The van der Waals surface area contributed by atoms with Crippen LogP contribution in [0.2, 0.25) is 0 Å². The van der Waals surface area contributed by atoms with Gasteiger partial charge >= 0.3 is 0 Å². The van der Waals surface area contributed by atoms with E-state index < -0.39 is 0 Å². The molecule has 0 spiro atoms. The SMILES string of the molecule is O=C(NCC1CC(O)CN1Cc1ccccc1)C1CCNCC1. The molecule has 0 saturated carbocycles. The van der Waals surface area contributed by atoms with Gasteiger partial charge in [0.05, 0.1) is 6.10 Å². The van der Waals surface area contributed by atoms with E-state index in [0.29, 0.717) is 13.1 Å². The molecule has 0 aliphatic carbocycles. The number of likely N-dealkylation sites (tertiary alicyclic amines) is 1. The standard InChI is InChI=1S/C18H27N3O2/c22-17-10-16(11-20-18(23)15-6-8-19-9-7-15)21(13-17)12-14-4-2-1-3-5-14/h1-5,15-17,19,22H,6-13H2,(H,20,23). The largest absolute Gasteiger partial charge is 0.392 e. The van der Waals surface area contributed by atoms with Crippen LogP contribution in [0.15, 0.2) is 30.3 Å². The highest BCUT2D eigenvalue weighted by Gasteiger charge is 2.31. The zero-order valence-electron chi connectivity index (χ0n) is 13.6. The maximum atomic E-state index is 12.3. The maximum absolute atomic E-state index is 12.3. The summed E-state index contributed by atoms with van der Waals surface area (Å²) in [6.07, 6.45) is 2.29. The molecule has 0 aromatic heterocycles. The smallest absolute Gasteiger partial charge is 0.223 e. The molecular weight excluding hydrogens is 290 g/mol. The van der Waals surface area contributed by atoms with Crippen molar-refractivity contribution < 1.29 is 9.90 Å². The Labute approximate surface area is 138 Å². The summed E-state index contributed by atoms with van der Waals surface area (Å²) in [5, 5.41) is 16.4. The number of amides is 1. The van der Waals surface area contributed by atoms with Crippen LogP contribution in [0.25, 0.3) is 0 Å². The Hall–Kier alpha value is -1.43. The molecule has 2 heterocycles. The summed E-state index contributed by atoms with van der Waals surface area (Å²) in [5.74, 6) is 0.317. The van der Waals surface area contributed by atoms with Crippen LogP contribution in [0.5, 0.6) is 0 Å². The first-order valence-electron chi connectivity index (χ1n) is 8.67. The second kappa shape index (κ2) is 7.90. The quantitative estimate of drug-likeness (QED) is 0.749. The number of hydrogen-bond acceptors (Lipinski definition) is 4. The molecule has 1 aromatic carbocycles. The second-order valence-electron chi connectivity index (χ2n) is 6.73. The number of rotatable bonds is 5. The summed E-state index contributed by atoms with van der Waals surface area (Å²) in [7, 11) is 0. The van der Waals surface area contributed by atoms with E-state index in [1.54, 1.807) is 0 Å². The van der Waals surface area contributed by atoms with Crippen LogP contribution in [0.1, 0.15) is 24.8 Å². The van der Waals surface area contributed by atoms with Crippen LogP contribution >= 0.6 is 0 Å². The van der Waals surface area contributed by atoms with E-state index >= 15 is 0 Å². The van der Waals surface area contributed by atoms with Crippen LogP contribution < -0.4 is 10.6 Å². The van der Waals surface area contributed by atoms with Gasteiger partial charge in [-0.05, 0) is 37.9 Å². The minimum Gasteiger partial charge on any atom is -0.392 e. The van der Waals surface area contributed by atoms with Crippen LogP contribution in [-0.4, -0.2) is 54.2 Å². The lowest BCUT2D eigenvalue weighted by Crippen LogP contribution is -2.44. The van der Waals surface area contributed by atoms with Gasteiger partial charge in [-0.3, -0.25) is 9.69 Å². The van der Waals surface area contributed by atoms with Crippen molar-refractivity contribution >= 4 is 5.91 Å². The fourth-order valence-corrected chi connectivity index (χ4v) is 3.63. The number of hydrogen-bond donors (Lipinski definition) is 3. The lowest BCUT2D eigenvalue weighted by Gasteiger charge is -2.26. The number of piperidine rings is 1. The molecule has 0 bridgehead atoms. The number of carbonyl (C=O) groups excluding carboxylic acids is 1. The van der Waals surface area contributed by atoms with Crippen molar-refractivity contribution in [3.63, 3.8) is 0 Å². The molecule has 3 rings (SSSR count). The second-order valence-corrected chi connectivity index (χ2v) is 6.73. The van der Waals surface area contributed by atoms with Gasteiger partial charge in [-0.15, -0.1) is 0 Å². The van der Waals surface area contributed by atoms with E-state index in [9.17, 15) is 9.90 Å². The van der Waals surface area contributed by atoms with E-state index in [0.717, 1.165) is 38.9 Å². The van der Waals surface area contributed by atoms with Crippen LogP contribution in [0, 0.1) is 5.92 Å². The molecule has 0 radical (unpaired) electrons. The molecule has 2 aliphatic rings. The first-order chi connectivity index (χ1) is 11.2. The van der Waals surface area contributed by atoms with Gasteiger partial charge in [0.15, 0.2) is 0 Å². The number of nitrogens with one attached hydrogen (secondary N) is 2. The highest BCUT2D eigenvalue weighted by molar-refractivity contribution is 5.78. The zero-order chi connectivity index (χ0) is 16.1. The van der Waals surface area contributed by atoms with Crippen LogP contribution in [-0.2, 0) is 11.3 Å². The van der Waals surface area contributed by atoms with Crippen molar-refractivity contribution in [3.05, 3.63) is 35.9 Å². The fraction of sp³-hybridized carbons (Fsp3) is 0.611. The lowest BCUT2D eigenvalue weighted by atomic mass is 9.97. The van der Waals surface area contributed by atoms with Crippen molar-refractivity contribution in [1.29, 1.82) is 0 Å². The predicted octanol–water partition coefficient (Wildman–Crippen LogP) is 0.738. The molecule has 3 N–H and O–H groups in total. The molecule has 2 fully saturated rings. The predicted molar refractivity (Wildman–Crippen MR) is 89.9 cm³/mol. The van der Waals surface area contributed by atoms with E-state index in [1.807, 2.05) is 18.2 Å². The molecule has 5 heteroatoms. The average molecular weight is 317 g/mol. The third-order valence-electron chi connectivity index (χ3n) is 4.96. The van der Waals surface area contributed by atoms with Gasteiger partial charge in [-0.2, -0.15) is 0 Å². The number of aliphatic hydroxyl groups is 1. The van der Waals surface area contributed by atoms with Gasteiger partial charge in [-0.25, -0.2) is 0 Å². The maximum Gasteiger partial charge on any atom is 0.223 e. The Morgan fingerprint density at radius 3 is 2.74 bits per heavy atom. The molecule has 2 unspecified atom stereocenters. The first kappa shape index (κ1) is 16.4. The van der Waals surface area contributed by atoms with Crippen molar-refractivity contribution in [1.82, 2.24) is 15.5 Å². The van der Waals surface area contributed by atoms with E-state index in [1.165, 1.54) is 5.56 Å². The van der Waals surface area contributed by atoms with Crippen molar-refractivity contribution in [2.24, 2.45) is 5.92 Å². The molecule has 2 atom stereocenters. The lowest BCUT2D eigenvalue weighted by molar-refractivity contribution is -0.125. The van der Waals surface area contributed by atoms with Crippen molar-refractivity contribution in [2.45, 2.75) is 38.0 Å². The minimum absolute atomic E-state index is 0.144. The summed E-state index contributed by atoms with van der Waals surface area (Å²) in [6, 6.07) is 10.5. The van der Waals surface area contributed by atoms with E-state index in [-0.39, 0.29) is 24.0 Å². The van der Waals surface area contributed by atoms with Gasteiger partial charge in [0, 0.05) is 31.6 Å². The number of benzene rings is 1. The third kappa shape index (κ3) is 4.53. The summed E-state index contributed by atoms with van der Waals surface area (Å²) in [6.45, 7) is 4.00. The molecule has 23 heavy (non-hydrogen) atoms. The Morgan fingerprint density at radius 1 is 1.26 bits per heavy atom. The highest BCUT2D eigenvalue weighted by Crippen LogP contribution is 2.20. The van der Waals surface area contributed by atoms with Gasteiger partial charge in [0.2, 0.25) is 5.91 Å². The number of carbonyl (C=O) groups is 1. The highest BCUT2D eigenvalue weighted by atomic mass is 16.3. The van der Waals surface area contributed by atoms with E-state index in [4.69, 9.17) is 0 Å². The average Bonchev–Trinajstić information content (AvgIpc) is 2.94. The Balaban J connectivity index is 1.51. The van der Waals surface area contributed by atoms with Crippen molar-refractivity contribution in [2.75, 3.05) is 26.2 Å². The molecule has 126 valence electrons. The van der Waals surface area contributed by atoms with Crippen LogP contribution in [0.4, 0.5) is 0 Å². The summed E-state index contributed by atoms with van der Waals surface area (Å²) >= 11 is 0. The fourth-order valence-electron chi connectivity index (χ4n) is 3.63. The van der Waals surface area contributed by atoms with E-state index in [2.05, 4.69) is 27.7 Å². The van der Waals surface area contributed by atoms with Gasteiger partial charge in [0.25, 0.3) is 0 Å². The Morgan fingerprint density at radius 2 is 2.00 bits per heavy atom. The molecular formula is C18H27N3O2. The monoisotopic (exact) mass is 317 g/mol. The molecule has 2 saturated heterocycles. The van der Waals surface area contributed by atoms with Gasteiger partial charge in [0.1, 0.15) is 0 Å². The topological polar surface area (TPSA) is 64.6 Å². The number of nitrogens with zero attached hydrogens (tertiary/aromatic N) is 1. The summed E-state index contributed by atoms with van der Waals surface area (Å²) < 4.78 is 0. The molecule has 5 nitrogen and oxygen atoms in total. The Bertz CT molecular complexity index is 502. The third-order valence-corrected chi connectivity index (χ3v) is 4.96. The normalized spacial score (nSPS) is 26.3. The number of β-amino-alcohol motifs (C(OH)–C–C–N with tert-alkyl or cyclic N) is 1. The van der Waals surface area contributed by atoms with Crippen molar-refractivity contribution in [3.8, 4) is 0 Å².